The summed E-state index contributed by atoms with van der Waals surface area (Å²) in [5.41, 5.74) is 4.94. The number of hydrogen-bond donors (Lipinski definition) is 0. The van der Waals surface area contributed by atoms with Gasteiger partial charge in [-0.1, -0.05) is 61.8 Å². The molecule has 194 valence electrons. The van der Waals surface area contributed by atoms with Crippen molar-refractivity contribution in [2.75, 3.05) is 25.7 Å². The maximum atomic E-state index is 12.6. The molecule has 0 saturated carbocycles. The highest BCUT2D eigenvalue weighted by molar-refractivity contribution is 6.41. The van der Waals surface area contributed by atoms with Crippen LogP contribution in [0.4, 0.5) is 5.69 Å². The van der Waals surface area contributed by atoms with Crippen molar-refractivity contribution >= 4 is 45.7 Å². The summed E-state index contributed by atoms with van der Waals surface area (Å²) in [4.78, 5) is 23.8. The highest BCUT2D eigenvalue weighted by Crippen LogP contribution is 2.46. The lowest BCUT2D eigenvalue weighted by Gasteiger charge is -2.39. The molecular formula is C30H27Cl2N3O3. The van der Waals surface area contributed by atoms with Crippen LogP contribution in [-0.2, 0) is 10.2 Å². The predicted molar refractivity (Wildman–Crippen MR) is 154 cm³/mol. The average molecular weight is 548 g/mol. The van der Waals surface area contributed by atoms with Gasteiger partial charge >= 0.3 is 0 Å². The molecule has 0 spiro atoms. The van der Waals surface area contributed by atoms with E-state index >= 15 is 0 Å². The van der Waals surface area contributed by atoms with Gasteiger partial charge in [0.25, 0.3) is 0 Å². The van der Waals surface area contributed by atoms with Crippen molar-refractivity contribution in [3.63, 3.8) is 0 Å². The minimum absolute atomic E-state index is 0.0438. The van der Waals surface area contributed by atoms with Gasteiger partial charge in [0.15, 0.2) is 5.82 Å². The first-order valence-corrected chi connectivity index (χ1v) is 12.9. The van der Waals surface area contributed by atoms with E-state index in [1.54, 1.807) is 31.4 Å². The number of carbonyl (C=O) groups is 1. The molecule has 5 rings (SSSR count). The molecule has 0 atom stereocenters. The number of methoxy groups -OCH3 is 2. The second-order valence-electron chi connectivity index (χ2n) is 9.81. The van der Waals surface area contributed by atoms with E-state index in [2.05, 4.69) is 31.5 Å². The third-order valence-corrected chi connectivity index (χ3v) is 7.87. The van der Waals surface area contributed by atoms with Crippen LogP contribution in [-0.4, -0.2) is 36.6 Å². The van der Waals surface area contributed by atoms with E-state index in [0.29, 0.717) is 39.5 Å². The molecule has 3 aromatic carbocycles. The molecule has 1 amide bonds. The zero-order valence-electron chi connectivity index (χ0n) is 21.6. The van der Waals surface area contributed by atoms with Gasteiger partial charge in [0.05, 0.1) is 29.8 Å². The van der Waals surface area contributed by atoms with Crippen molar-refractivity contribution in [3.8, 4) is 34.0 Å². The van der Waals surface area contributed by atoms with E-state index in [9.17, 15) is 4.79 Å². The number of nitrogens with zero attached hydrogens (tertiary/aromatic N) is 3. The summed E-state index contributed by atoms with van der Waals surface area (Å²) in [6, 6.07) is 13.5. The Bertz CT molecular complexity index is 1570. The van der Waals surface area contributed by atoms with Crippen LogP contribution in [0.15, 0.2) is 61.3 Å². The van der Waals surface area contributed by atoms with Crippen LogP contribution in [0, 0.1) is 0 Å². The lowest BCUT2D eigenvalue weighted by molar-refractivity contribution is -0.114. The number of fused-ring (bicyclic) bond motifs is 2. The Hall–Kier alpha value is -3.61. The van der Waals surface area contributed by atoms with Crippen molar-refractivity contribution in [3.05, 3.63) is 76.9 Å². The van der Waals surface area contributed by atoms with Gasteiger partial charge in [-0.3, -0.25) is 4.79 Å². The van der Waals surface area contributed by atoms with Crippen LogP contribution < -0.4 is 14.4 Å². The summed E-state index contributed by atoms with van der Waals surface area (Å²) in [6.07, 6.45) is 4.01. The van der Waals surface area contributed by atoms with Crippen LogP contribution in [0.5, 0.6) is 11.5 Å². The topological polar surface area (TPSA) is 64.6 Å². The number of halogens is 2. The first-order valence-electron chi connectivity index (χ1n) is 12.1. The Kier molecular flexibility index (Phi) is 6.80. The maximum absolute atomic E-state index is 12.6. The highest BCUT2D eigenvalue weighted by atomic mass is 35.5. The third kappa shape index (κ3) is 4.38. The van der Waals surface area contributed by atoms with Gasteiger partial charge in [-0.05, 0) is 47.2 Å². The zero-order valence-corrected chi connectivity index (χ0v) is 23.2. The van der Waals surface area contributed by atoms with Gasteiger partial charge in [-0.15, -0.1) is 0 Å². The summed E-state index contributed by atoms with van der Waals surface area (Å²) in [5, 5.41) is 1.61. The lowest BCUT2D eigenvalue weighted by Crippen LogP contribution is -2.40. The molecule has 4 aromatic rings. The van der Waals surface area contributed by atoms with E-state index in [1.165, 1.54) is 6.08 Å². The molecule has 0 radical (unpaired) electrons. The van der Waals surface area contributed by atoms with E-state index in [1.807, 2.05) is 30.3 Å². The fraction of sp³-hybridized carbons (Fsp3) is 0.233. The normalized spacial score (nSPS) is 14.2. The lowest BCUT2D eigenvalue weighted by atomic mass is 9.77. The number of benzene rings is 3. The molecule has 1 aromatic heterocycles. The number of amides is 1. The van der Waals surface area contributed by atoms with Gasteiger partial charge in [0, 0.05) is 41.0 Å². The summed E-state index contributed by atoms with van der Waals surface area (Å²) >= 11 is 13.3. The molecule has 0 saturated heterocycles. The quantitative estimate of drug-likeness (QED) is 0.242. The molecule has 2 heterocycles. The van der Waals surface area contributed by atoms with Crippen LogP contribution in [0.1, 0.15) is 25.8 Å². The maximum Gasteiger partial charge on any atom is 0.250 e. The fourth-order valence-corrected chi connectivity index (χ4v) is 5.64. The van der Waals surface area contributed by atoms with Crippen molar-refractivity contribution < 1.29 is 14.3 Å². The SMILES string of the molecule is C=CC(=O)N1CCC(C)(C)c2ccc(-c3ncc4cc(-c5c(Cl)c(OC)cc(OC)c5Cl)ccc4n3)cc21. The smallest absolute Gasteiger partial charge is 0.250 e. The highest BCUT2D eigenvalue weighted by Gasteiger charge is 2.33. The summed E-state index contributed by atoms with van der Waals surface area (Å²) in [5.74, 6) is 1.39. The molecule has 0 unspecified atom stereocenters. The molecule has 1 aliphatic rings. The predicted octanol–water partition coefficient (Wildman–Crippen LogP) is 7.49. The molecule has 1 aliphatic heterocycles. The molecule has 38 heavy (non-hydrogen) atoms. The molecule has 8 heteroatoms. The summed E-state index contributed by atoms with van der Waals surface area (Å²) in [7, 11) is 3.09. The number of rotatable bonds is 5. The van der Waals surface area contributed by atoms with Gasteiger partial charge in [0.1, 0.15) is 11.5 Å². The Morgan fingerprint density at radius 3 is 2.37 bits per heavy atom. The van der Waals surface area contributed by atoms with Crippen LogP contribution in [0.3, 0.4) is 0 Å². The largest absolute Gasteiger partial charge is 0.495 e. The first kappa shape index (κ1) is 26.0. The second kappa shape index (κ2) is 9.93. The van der Waals surface area contributed by atoms with Gasteiger partial charge < -0.3 is 14.4 Å². The summed E-state index contributed by atoms with van der Waals surface area (Å²) in [6.45, 7) is 8.70. The number of hydrogen-bond acceptors (Lipinski definition) is 5. The van der Waals surface area contributed by atoms with Gasteiger partial charge in [0.2, 0.25) is 5.91 Å². The van der Waals surface area contributed by atoms with Gasteiger partial charge in [-0.25, -0.2) is 9.97 Å². The number of aromatic nitrogens is 2. The van der Waals surface area contributed by atoms with E-state index in [4.69, 9.17) is 37.7 Å². The average Bonchev–Trinajstić information content (AvgIpc) is 2.92. The van der Waals surface area contributed by atoms with Crippen LogP contribution >= 0.6 is 23.2 Å². The molecule has 0 N–H and O–H groups in total. The first-order chi connectivity index (χ1) is 18.2. The minimum Gasteiger partial charge on any atom is -0.495 e. The Labute approximate surface area is 231 Å². The second-order valence-corrected chi connectivity index (χ2v) is 10.6. The molecular weight excluding hydrogens is 521 g/mol. The Morgan fingerprint density at radius 2 is 1.71 bits per heavy atom. The van der Waals surface area contributed by atoms with E-state index < -0.39 is 0 Å². The molecule has 0 aliphatic carbocycles. The summed E-state index contributed by atoms with van der Waals surface area (Å²) < 4.78 is 10.8. The number of carbonyl (C=O) groups excluding carboxylic acids is 1. The van der Waals surface area contributed by atoms with Crippen molar-refractivity contribution in [2.24, 2.45) is 0 Å². The number of ether oxygens (including phenoxy) is 2. The third-order valence-electron chi connectivity index (χ3n) is 7.12. The fourth-order valence-electron chi connectivity index (χ4n) is 4.92. The molecule has 0 bridgehead atoms. The van der Waals surface area contributed by atoms with E-state index in [-0.39, 0.29) is 11.3 Å². The molecule has 0 fully saturated rings. The van der Waals surface area contributed by atoms with Crippen molar-refractivity contribution in [2.45, 2.75) is 25.7 Å². The zero-order chi connectivity index (χ0) is 27.2. The standard InChI is InChI=1S/C30H27Cl2N3O3/c1-6-25(36)35-12-11-30(2,3)20-9-7-18(14-22(20)35)29-33-16-19-13-17(8-10-21(19)34-29)26-27(31)23(37-4)15-24(38-5)28(26)32/h6-10,13-16H,1,11-12H2,2-5H3. The monoisotopic (exact) mass is 547 g/mol. The Morgan fingerprint density at radius 1 is 1.03 bits per heavy atom. The van der Waals surface area contributed by atoms with Crippen LogP contribution in [0.25, 0.3) is 33.4 Å². The van der Waals surface area contributed by atoms with E-state index in [0.717, 1.165) is 39.7 Å². The van der Waals surface area contributed by atoms with Crippen molar-refractivity contribution in [1.82, 2.24) is 9.97 Å². The van der Waals surface area contributed by atoms with Crippen LogP contribution in [0.2, 0.25) is 10.0 Å². The molecule has 6 nitrogen and oxygen atoms in total. The van der Waals surface area contributed by atoms with Gasteiger partial charge in [-0.2, -0.15) is 0 Å². The van der Waals surface area contributed by atoms with Crippen molar-refractivity contribution in [1.29, 1.82) is 0 Å². The Balaban J connectivity index is 1.58. The minimum atomic E-state index is -0.114. The number of anilines is 1.